The minimum Gasteiger partial charge on any atom is -0.502 e. The highest BCUT2D eigenvalue weighted by Gasteiger charge is 2.55. The second-order valence-electron chi connectivity index (χ2n) is 11.6. The number of halogens is 2. The lowest BCUT2D eigenvalue weighted by Gasteiger charge is -2.44. The van der Waals surface area contributed by atoms with Crippen molar-refractivity contribution in [1.82, 2.24) is 5.32 Å². The number of nitrogens with one attached hydrogen (secondary N) is 1. The molecule has 7 rings (SSSR count). The summed E-state index contributed by atoms with van der Waals surface area (Å²) < 4.78 is 75.4. The molecule has 14 heteroatoms. The van der Waals surface area contributed by atoms with Crippen molar-refractivity contribution >= 4 is 5.97 Å². The van der Waals surface area contributed by atoms with E-state index in [1.807, 2.05) is 0 Å². The second kappa shape index (κ2) is 11.2. The maximum Gasteiger partial charge on any atom is 0.310 e. The van der Waals surface area contributed by atoms with Crippen LogP contribution < -0.4 is 24.3 Å². The van der Waals surface area contributed by atoms with Crippen molar-refractivity contribution in [3.05, 3.63) is 41.0 Å². The fourth-order valence-electron chi connectivity index (χ4n) is 7.14. The number of carbonyl (C=O) groups excluding carboxylic acids is 1. The number of cyclic esters (lactones) is 1. The number of aliphatic hydroxyl groups is 1. The summed E-state index contributed by atoms with van der Waals surface area (Å²) in [5, 5.41) is 24.1. The highest BCUT2D eigenvalue weighted by molar-refractivity contribution is 5.79. The molecular formula is C30H33F2NO11. The van der Waals surface area contributed by atoms with E-state index in [1.54, 1.807) is 24.3 Å². The van der Waals surface area contributed by atoms with Gasteiger partial charge < -0.3 is 53.4 Å². The van der Waals surface area contributed by atoms with Crippen LogP contribution in [-0.4, -0.2) is 94.1 Å². The fraction of sp³-hybridized carbons (Fsp3) is 0.567. The molecule has 0 saturated carbocycles. The molecule has 5 aliphatic rings. The number of phenolic OH excluding ortho intramolecular Hbond substituents is 1. The molecule has 4 heterocycles. The second-order valence-corrected chi connectivity index (χ2v) is 11.6. The lowest BCUT2D eigenvalue weighted by molar-refractivity contribution is -0.293. The van der Waals surface area contributed by atoms with E-state index in [4.69, 9.17) is 37.9 Å². The summed E-state index contributed by atoms with van der Waals surface area (Å²) in [7, 11) is 2.81. The number of carbonyl (C=O) groups is 1. The van der Waals surface area contributed by atoms with Gasteiger partial charge in [-0.1, -0.05) is 0 Å². The van der Waals surface area contributed by atoms with E-state index in [-0.39, 0.29) is 50.5 Å². The van der Waals surface area contributed by atoms with Crippen molar-refractivity contribution in [2.24, 2.45) is 11.8 Å². The van der Waals surface area contributed by atoms with E-state index >= 15 is 8.78 Å². The summed E-state index contributed by atoms with van der Waals surface area (Å²) in [5.74, 6) is -4.78. The summed E-state index contributed by atoms with van der Waals surface area (Å²) in [5.41, 5.74) is 1.89. The van der Waals surface area contributed by atoms with Crippen LogP contribution in [0.3, 0.4) is 0 Å². The third kappa shape index (κ3) is 4.79. The van der Waals surface area contributed by atoms with Gasteiger partial charge in [0.1, 0.15) is 25.1 Å². The first-order valence-electron chi connectivity index (χ1n) is 14.4. The highest BCUT2D eigenvalue weighted by Crippen LogP contribution is 2.55. The molecule has 3 fully saturated rings. The van der Waals surface area contributed by atoms with Crippen LogP contribution in [-0.2, 0) is 23.7 Å². The zero-order valence-electron chi connectivity index (χ0n) is 24.0. The number of hydrogen-bond acceptors (Lipinski definition) is 12. The molecule has 3 N–H and O–H groups in total. The molecule has 0 bridgehead atoms. The van der Waals surface area contributed by atoms with Crippen molar-refractivity contribution in [3.63, 3.8) is 0 Å². The van der Waals surface area contributed by atoms with Crippen LogP contribution in [0.1, 0.15) is 35.1 Å². The number of aliphatic hydroxyl groups excluding tert-OH is 1. The number of hydrogen-bond donors (Lipinski definition) is 3. The van der Waals surface area contributed by atoms with Gasteiger partial charge in [0, 0.05) is 24.3 Å². The van der Waals surface area contributed by atoms with Gasteiger partial charge in [0.15, 0.2) is 23.0 Å². The van der Waals surface area contributed by atoms with Crippen LogP contribution in [0.5, 0.6) is 28.7 Å². The minimum absolute atomic E-state index is 0.000543. The van der Waals surface area contributed by atoms with Crippen LogP contribution in [0.4, 0.5) is 8.78 Å². The van der Waals surface area contributed by atoms with Gasteiger partial charge in [-0.05, 0) is 41.0 Å². The Kier molecular flexibility index (Phi) is 7.44. The lowest BCUT2D eigenvalue weighted by Crippen LogP contribution is -2.59. The Hall–Kier alpha value is -3.43. The van der Waals surface area contributed by atoms with Crippen molar-refractivity contribution in [1.29, 1.82) is 0 Å². The zero-order valence-corrected chi connectivity index (χ0v) is 24.0. The molecule has 12 nitrogen and oxygen atoms in total. The molecule has 3 saturated heterocycles. The van der Waals surface area contributed by atoms with Crippen LogP contribution in [0.2, 0.25) is 0 Å². The highest BCUT2D eigenvalue weighted by atomic mass is 19.3. The lowest BCUT2D eigenvalue weighted by atomic mass is 9.65. The Morgan fingerprint density at radius 1 is 1.00 bits per heavy atom. The van der Waals surface area contributed by atoms with Crippen LogP contribution in [0.15, 0.2) is 24.3 Å². The molecule has 0 radical (unpaired) electrons. The van der Waals surface area contributed by atoms with Gasteiger partial charge in [0.05, 0.1) is 46.0 Å². The Balaban J connectivity index is 1.24. The normalized spacial score (nSPS) is 32.3. The molecule has 8 atom stereocenters. The van der Waals surface area contributed by atoms with Gasteiger partial charge in [0.25, 0.3) is 5.92 Å². The summed E-state index contributed by atoms with van der Waals surface area (Å²) in [4.78, 5) is 13.3. The SMILES string of the molecule is COc1cc([C@@H]2c3cc4c(cc3[C@@H](NCC(F)(F)[C@H]3C[C@@H](O)[C@@H]5OCOC[C@H]5O3)[C@H]3COC(=O)[C@H]23)OCO4)cc(OC)c1O. The largest absolute Gasteiger partial charge is 0.502 e. The monoisotopic (exact) mass is 621 g/mol. The van der Waals surface area contributed by atoms with Gasteiger partial charge in [-0.15, -0.1) is 0 Å². The molecule has 0 spiro atoms. The summed E-state index contributed by atoms with van der Waals surface area (Å²) in [6.07, 6.45) is -4.57. The third-order valence-corrected chi connectivity index (χ3v) is 9.24. The molecule has 0 aromatic heterocycles. The Labute approximate surface area is 251 Å². The standard InChI is InChI=1S/C30H33F2NO11/c1-37-20-3-13(4-21(38-2)27(20)35)24-14-5-18-19(42-12-41-18)6-15(14)26(16-8-40-29(36)25(16)24)33-10-30(31,32)23-7-17(34)28-22(44-23)9-39-11-43-28/h3-6,16-17,22-26,28,33-35H,7-12H2,1-2H3/t16-,17+,22+,23+,24+,25-,26+,28-/m0/s1. The minimum atomic E-state index is -3.40. The van der Waals surface area contributed by atoms with Crippen LogP contribution in [0.25, 0.3) is 0 Å². The first kappa shape index (κ1) is 29.3. The van der Waals surface area contributed by atoms with Crippen molar-refractivity contribution < 1.29 is 61.7 Å². The van der Waals surface area contributed by atoms with E-state index in [1.165, 1.54) is 14.2 Å². The quantitative estimate of drug-likeness (QED) is 0.390. The molecule has 44 heavy (non-hydrogen) atoms. The van der Waals surface area contributed by atoms with Crippen molar-refractivity contribution in [3.8, 4) is 28.7 Å². The molecule has 0 amide bonds. The molecule has 238 valence electrons. The smallest absolute Gasteiger partial charge is 0.310 e. The zero-order chi connectivity index (χ0) is 30.7. The van der Waals surface area contributed by atoms with Gasteiger partial charge >= 0.3 is 5.97 Å². The molecule has 1 aliphatic carbocycles. The first-order chi connectivity index (χ1) is 21.2. The Morgan fingerprint density at radius 2 is 1.70 bits per heavy atom. The number of fused-ring (bicyclic) bond motifs is 4. The van der Waals surface area contributed by atoms with Gasteiger partial charge in [0.2, 0.25) is 12.5 Å². The Bertz CT molecular complexity index is 1410. The van der Waals surface area contributed by atoms with E-state index in [0.717, 1.165) is 0 Å². The maximum absolute atomic E-state index is 15.8. The van der Waals surface area contributed by atoms with E-state index in [9.17, 15) is 15.0 Å². The molecule has 4 aliphatic heterocycles. The average molecular weight is 622 g/mol. The number of phenols is 1. The predicted octanol–water partition coefficient (Wildman–Crippen LogP) is 2.23. The summed E-state index contributed by atoms with van der Waals surface area (Å²) in [6, 6.07) is 6.02. The topological polar surface area (TPSA) is 143 Å². The average Bonchev–Trinajstić information content (AvgIpc) is 3.64. The number of ether oxygens (including phenoxy) is 8. The molecule has 0 unspecified atom stereocenters. The van der Waals surface area contributed by atoms with Gasteiger partial charge in [-0.25, -0.2) is 8.78 Å². The van der Waals surface area contributed by atoms with Crippen LogP contribution in [0, 0.1) is 11.8 Å². The number of methoxy groups -OCH3 is 2. The number of rotatable bonds is 7. The molecule has 2 aromatic carbocycles. The van der Waals surface area contributed by atoms with E-state index in [2.05, 4.69) is 5.32 Å². The van der Waals surface area contributed by atoms with Crippen LogP contribution >= 0.6 is 0 Å². The van der Waals surface area contributed by atoms with E-state index < -0.39 is 66.6 Å². The number of esters is 1. The van der Waals surface area contributed by atoms with E-state index in [0.29, 0.717) is 28.2 Å². The number of alkyl halides is 2. The number of aromatic hydroxyl groups is 1. The van der Waals surface area contributed by atoms with Crippen molar-refractivity contribution in [2.45, 2.75) is 48.7 Å². The summed E-state index contributed by atoms with van der Waals surface area (Å²) >= 11 is 0. The third-order valence-electron chi connectivity index (χ3n) is 9.24. The molecule has 2 aromatic rings. The predicted molar refractivity (Wildman–Crippen MR) is 144 cm³/mol. The fourth-order valence-corrected chi connectivity index (χ4v) is 7.14. The summed E-state index contributed by atoms with van der Waals surface area (Å²) in [6.45, 7) is -0.794. The number of benzene rings is 2. The molecular weight excluding hydrogens is 588 g/mol. The first-order valence-corrected chi connectivity index (χ1v) is 14.4. The van der Waals surface area contributed by atoms with Gasteiger partial charge in [-0.3, -0.25) is 4.79 Å². The Morgan fingerprint density at radius 3 is 2.41 bits per heavy atom. The van der Waals surface area contributed by atoms with Crippen molar-refractivity contribution in [2.75, 3.05) is 47.6 Å². The maximum atomic E-state index is 15.8. The van der Waals surface area contributed by atoms with Gasteiger partial charge in [-0.2, -0.15) is 0 Å².